The predicted molar refractivity (Wildman–Crippen MR) is 95.1 cm³/mol. The van der Waals surface area contributed by atoms with Gasteiger partial charge in [-0.05, 0) is 36.3 Å². The first-order valence-corrected chi connectivity index (χ1v) is 8.08. The molecule has 4 heteroatoms. The van der Waals surface area contributed by atoms with Gasteiger partial charge in [-0.3, -0.25) is 0 Å². The van der Waals surface area contributed by atoms with Crippen LogP contribution in [0.3, 0.4) is 0 Å². The number of hydrogen-bond acceptors (Lipinski definition) is 3. The van der Waals surface area contributed by atoms with Gasteiger partial charge in [0.15, 0.2) is 0 Å². The van der Waals surface area contributed by atoms with E-state index in [0.29, 0.717) is 23.5 Å². The minimum atomic E-state index is -1.05. The number of carboxylic acid groups (broad SMARTS) is 1. The van der Waals surface area contributed by atoms with Gasteiger partial charge < -0.3 is 14.9 Å². The standard InChI is InChI=1S/C20H22O4/c1-2-3-6-12-24-19-11-5-4-8-16(19)14-18(20(22)23)15-9-7-10-17(21)13-15/h4-5,7-11,13-14,21H,2-3,6,12H2,1H3,(H,22,23)/b18-14-. The van der Waals surface area contributed by atoms with Crippen molar-refractivity contribution in [2.45, 2.75) is 26.2 Å². The molecule has 4 nitrogen and oxygen atoms in total. The summed E-state index contributed by atoms with van der Waals surface area (Å²) in [5.74, 6) is -0.363. The highest BCUT2D eigenvalue weighted by Crippen LogP contribution is 2.26. The fourth-order valence-corrected chi connectivity index (χ4v) is 2.36. The van der Waals surface area contributed by atoms with E-state index in [2.05, 4.69) is 6.92 Å². The average molecular weight is 326 g/mol. The van der Waals surface area contributed by atoms with Gasteiger partial charge in [0.1, 0.15) is 11.5 Å². The van der Waals surface area contributed by atoms with E-state index in [1.54, 1.807) is 18.2 Å². The second-order valence-electron chi connectivity index (χ2n) is 5.51. The number of aliphatic carboxylic acids is 1. The highest BCUT2D eigenvalue weighted by molar-refractivity contribution is 6.20. The average Bonchev–Trinajstić information content (AvgIpc) is 2.57. The summed E-state index contributed by atoms with van der Waals surface area (Å²) in [4.78, 5) is 11.6. The molecular weight excluding hydrogens is 304 g/mol. The minimum Gasteiger partial charge on any atom is -0.508 e. The zero-order chi connectivity index (χ0) is 17.4. The van der Waals surface area contributed by atoms with Crippen molar-refractivity contribution < 1.29 is 19.7 Å². The molecule has 2 aromatic carbocycles. The van der Waals surface area contributed by atoms with Crippen molar-refractivity contribution in [2.24, 2.45) is 0 Å². The largest absolute Gasteiger partial charge is 0.508 e. The van der Waals surface area contributed by atoms with Crippen LogP contribution < -0.4 is 4.74 Å². The Hall–Kier alpha value is -2.75. The number of carbonyl (C=O) groups is 1. The second kappa shape index (κ2) is 8.77. The molecule has 126 valence electrons. The van der Waals surface area contributed by atoms with Crippen LogP contribution in [0.1, 0.15) is 37.3 Å². The lowest BCUT2D eigenvalue weighted by Crippen LogP contribution is -2.01. The Balaban J connectivity index is 2.31. The molecule has 0 radical (unpaired) electrons. The van der Waals surface area contributed by atoms with Gasteiger partial charge in [0.2, 0.25) is 0 Å². The zero-order valence-electron chi connectivity index (χ0n) is 13.7. The molecule has 0 aliphatic rings. The van der Waals surface area contributed by atoms with Crippen molar-refractivity contribution in [1.29, 1.82) is 0 Å². The molecular formula is C20H22O4. The Labute approximate surface area is 142 Å². The highest BCUT2D eigenvalue weighted by Gasteiger charge is 2.12. The molecule has 0 amide bonds. The lowest BCUT2D eigenvalue weighted by molar-refractivity contribution is -0.130. The third-order valence-electron chi connectivity index (χ3n) is 3.61. The Kier molecular flexibility index (Phi) is 6.43. The van der Waals surface area contributed by atoms with E-state index in [4.69, 9.17) is 4.74 Å². The van der Waals surface area contributed by atoms with Gasteiger partial charge in [-0.15, -0.1) is 0 Å². The summed E-state index contributed by atoms with van der Waals surface area (Å²) in [5.41, 5.74) is 1.26. The SMILES string of the molecule is CCCCCOc1ccccc1/C=C(\C(=O)O)c1cccc(O)c1. The van der Waals surface area contributed by atoms with Gasteiger partial charge >= 0.3 is 5.97 Å². The zero-order valence-corrected chi connectivity index (χ0v) is 13.7. The number of phenols is 1. The van der Waals surface area contributed by atoms with Gasteiger partial charge in [-0.2, -0.15) is 0 Å². The smallest absolute Gasteiger partial charge is 0.336 e. The van der Waals surface area contributed by atoms with Crippen molar-refractivity contribution >= 4 is 17.6 Å². The molecule has 0 saturated heterocycles. The molecule has 0 aliphatic heterocycles. The lowest BCUT2D eigenvalue weighted by Gasteiger charge is -2.10. The van der Waals surface area contributed by atoms with E-state index in [9.17, 15) is 15.0 Å². The van der Waals surface area contributed by atoms with E-state index in [0.717, 1.165) is 19.3 Å². The molecule has 0 atom stereocenters. The quantitative estimate of drug-likeness (QED) is 0.423. The molecule has 0 spiro atoms. The molecule has 0 saturated carbocycles. The lowest BCUT2D eigenvalue weighted by atomic mass is 10.0. The Morgan fingerprint density at radius 2 is 1.92 bits per heavy atom. The summed E-state index contributed by atoms with van der Waals surface area (Å²) in [7, 11) is 0. The first kappa shape index (κ1) is 17.6. The molecule has 0 unspecified atom stereocenters. The van der Waals surface area contributed by atoms with E-state index in [-0.39, 0.29) is 11.3 Å². The van der Waals surface area contributed by atoms with Gasteiger partial charge in [0, 0.05) is 5.56 Å². The van der Waals surface area contributed by atoms with Crippen LogP contribution in [-0.2, 0) is 4.79 Å². The minimum absolute atomic E-state index is 0.0313. The monoisotopic (exact) mass is 326 g/mol. The van der Waals surface area contributed by atoms with Crippen molar-refractivity contribution in [2.75, 3.05) is 6.61 Å². The number of carboxylic acids is 1. The van der Waals surface area contributed by atoms with E-state index >= 15 is 0 Å². The van der Waals surface area contributed by atoms with Gasteiger partial charge in [0.25, 0.3) is 0 Å². The van der Waals surface area contributed by atoms with Gasteiger partial charge in [-0.25, -0.2) is 4.79 Å². The molecule has 0 aliphatic carbocycles. The van der Waals surface area contributed by atoms with Crippen molar-refractivity contribution in [3.63, 3.8) is 0 Å². The number of phenolic OH excluding ortho intramolecular Hbond substituents is 1. The summed E-state index contributed by atoms with van der Waals surface area (Å²) in [6.07, 6.45) is 4.76. The molecule has 2 aromatic rings. The number of benzene rings is 2. The van der Waals surface area contributed by atoms with Crippen LogP contribution in [0.4, 0.5) is 0 Å². The maximum atomic E-state index is 11.6. The second-order valence-corrected chi connectivity index (χ2v) is 5.51. The third kappa shape index (κ3) is 4.88. The maximum absolute atomic E-state index is 11.6. The number of rotatable bonds is 8. The van der Waals surface area contributed by atoms with Crippen LogP contribution in [-0.4, -0.2) is 22.8 Å². The van der Waals surface area contributed by atoms with Crippen LogP contribution in [0, 0.1) is 0 Å². The Morgan fingerprint density at radius 1 is 1.12 bits per heavy atom. The number of aromatic hydroxyl groups is 1. The van der Waals surface area contributed by atoms with Crippen LogP contribution in [0.5, 0.6) is 11.5 Å². The van der Waals surface area contributed by atoms with Crippen molar-refractivity contribution in [1.82, 2.24) is 0 Å². The van der Waals surface area contributed by atoms with Crippen LogP contribution in [0.25, 0.3) is 11.6 Å². The Bertz CT molecular complexity index is 719. The first-order valence-electron chi connectivity index (χ1n) is 8.08. The van der Waals surface area contributed by atoms with Crippen molar-refractivity contribution in [3.05, 3.63) is 59.7 Å². The number of ether oxygens (including phenoxy) is 1. The highest BCUT2D eigenvalue weighted by atomic mass is 16.5. The molecule has 0 aromatic heterocycles. The number of unbranched alkanes of at least 4 members (excludes halogenated alkanes) is 2. The molecule has 2 N–H and O–H groups in total. The van der Waals surface area contributed by atoms with E-state index in [1.807, 2.05) is 24.3 Å². The first-order chi connectivity index (χ1) is 11.6. The summed E-state index contributed by atoms with van der Waals surface area (Å²) < 4.78 is 5.79. The van der Waals surface area contributed by atoms with E-state index < -0.39 is 5.97 Å². The summed E-state index contributed by atoms with van der Waals surface area (Å²) in [5, 5.41) is 19.1. The van der Waals surface area contributed by atoms with Gasteiger partial charge in [0.05, 0.1) is 12.2 Å². The normalized spacial score (nSPS) is 11.3. The fourth-order valence-electron chi connectivity index (χ4n) is 2.36. The van der Waals surface area contributed by atoms with Crippen LogP contribution in [0.2, 0.25) is 0 Å². The van der Waals surface area contributed by atoms with Crippen LogP contribution in [0.15, 0.2) is 48.5 Å². The summed E-state index contributed by atoms with van der Waals surface area (Å²) >= 11 is 0. The topological polar surface area (TPSA) is 66.8 Å². The van der Waals surface area contributed by atoms with E-state index in [1.165, 1.54) is 12.1 Å². The van der Waals surface area contributed by atoms with Crippen LogP contribution >= 0.6 is 0 Å². The molecule has 0 bridgehead atoms. The maximum Gasteiger partial charge on any atom is 0.336 e. The number of hydrogen-bond donors (Lipinski definition) is 2. The molecule has 2 rings (SSSR count). The summed E-state index contributed by atoms with van der Waals surface area (Å²) in [6.45, 7) is 2.73. The predicted octanol–water partition coefficient (Wildman–Crippen LogP) is 4.59. The Morgan fingerprint density at radius 3 is 2.62 bits per heavy atom. The molecule has 0 fully saturated rings. The third-order valence-corrected chi connectivity index (χ3v) is 3.61. The fraction of sp³-hybridized carbons (Fsp3) is 0.250. The molecule has 0 heterocycles. The summed E-state index contributed by atoms with van der Waals surface area (Å²) in [6, 6.07) is 13.6. The van der Waals surface area contributed by atoms with Crippen molar-refractivity contribution in [3.8, 4) is 11.5 Å². The molecule has 24 heavy (non-hydrogen) atoms. The number of para-hydroxylation sites is 1. The van der Waals surface area contributed by atoms with Gasteiger partial charge in [-0.1, -0.05) is 50.1 Å².